The topological polar surface area (TPSA) is 105 Å². The highest BCUT2D eigenvalue weighted by Gasteiger charge is 2.28. The van der Waals surface area contributed by atoms with Crippen LogP contribution in [-0.4, -0.2) is 66.9 Å². The van der Waals surface area contributed by atoms with Gasteiger partial charge in [0.05, 0.1) is 19.8 Å². The summed E-state index contributed by atoms with van der Waals surface area (Å²) in [5.41, 5.74) is 0. The van der Waals surface area contributed by atoms with Crippen LogP contribution in [0.1, 0.15) is 6.92 Å². The van der Waals surface area contributed by atoms with Crippen LogP contribution in [0, 0.1) is 0 Å². The average Bonchev–Trinajstić information content (AvgIpc) is 2.36. The van der Waals surface area contributed by atoms with E-state index in [-0.39, 0.29) is 26.3 Å². The van der Waals surface area contributed by atoms with Crippen LogP contribution in [0.2, 0.25) is 0 Å². The van der Waals surface area contributed by atoms with Crippen LogP contribution in [0.4, 0.5) is 4.79 Å². The summed E-state index contributed by atoms with van der Waals surface area (Å²) in [6.45, 7) is 2.08. The van der Waals surface area contributed by atoms with Crippen molar-refractivity contribution in [1.29, 1.82) is 0 Å². The standard InChI is InChI=1S/C10H16N2O6/c1-2-17-8(13)5-11-10(16)12-3-4-18-7(6-12)9(14)15/h7H,2-6H2,1H3,(H,11,16)(H,14,15). The molecule has 2 N–H and O–H groups in total. The Balaban J connectivity index is 2.37. The van der Waals surface area contributed by atoms with Crippen LogP contribution < -0.4 is 5.32 Å². The molecule has 0 radical (unpaired) electrons. The highest BCUT2D eigenvalue weighted by atomic mass is 16.5. The lowest BCUT2D eigenvalue weighted by molar-refractivity contribution is -0.154. The first-order chi connectivity index (χ1) is 8.54. The molecule has 0 bridgehead atoms. The molecule has 1 aliphatic rings. The van der Waals surface area contributed by atoms with Gasteiger partial charge in [-0.2, -0.15) is 0 Å². The van der Waals surface area contributed by atoms with Gasteiger partial charge in [0, 0.05) is 6.54 Å². The maximum Gasteiger partial charge on any atom is 0.334 e. The van der Waals surface area contributed by atoms with Crippen molar-refractivity contribution in [3.8, 4) is 0 Å². The molecular formula is C10H16N2O6. The van der Waals surface area contributed by atoms with Gasteiger partial charge in [-0.3, -0.25) is 4.79 Å². The summed E-state index contributed by atoms with van der Waals surface area (Å²) >= 11 is 0. The fraction of sp³-hybridized carbons (Fsp3) is 0.700. The minimum Gasteiger partial charge on any atom is -0.479 e. The number of aliphatic carboxylic acids is 1. The Morgan fingerprint density at radius 2 is 2.22 bits per heavy atom. The zero-order chi connectivity index (χ0) is 13.5. The Morgan fingerprint density at radius 1 is 1.50 bits per heavy atom. The Hall–Kier alpha value is -1.83. The van der Waals surface area contributed by atoms with Crippen molar-refractivity contribution in [2.45, 2.75) is 13.0 Å². The Bertz CT molecular complexity index is 332. The van der Waals surface area contributed by atoms with Crippen LogP contribution in [0.25, 0.3) is 0 Å². The van der Waals surface area contributed by atoms with Crippen LogP contribution in [-0.2, 0) is 19.1 Å². The summed E-state index contributed by atoms with van der Waals surface area (Å²) in [6.07, 6.45) is -1.02. The lowest BCUT2D eigenvalue weighted by Crippen LogP contribution is -2.52. The second-order valence-electron chi connectivity index (χ2n) is 3.61. The average molecular weight is 260 g/mol. The molecule has 2 amide bonds. The van der Waals surface area contributed by atoms with Crippen molar-refractivity contribution >= 4 is 18.0 Å². The molecule has 8 nitrogen and oxygen atoms in total. The van der Waals surface area contributed by atoms with Crippen LogP contribution >= 0.6 is 0 Å². The summed E-state index contributed by atoms with van der Waals surface area (Å²) in [4.78, 5) is 34.7. The van der Waals surface area contributed by atoms with E-state index in [2.05, 4.69) is 10.1 Å². The first-order valence-electron chi connectivity index (χ1n) is 5.57. The van der Waals surface area contributed by atoms with Crippen molar-refractivity contribution in [3.63, 3.8) is 0 Å². The highest BCUT2D eigenvalue weighted by molar-refractivity contribution is 5.81. The number of amides is 2. The molecule has 8 heteroatoms. The van der Waals surface area contributed by atoms with Crippen molar-refractivity contribution in [3.05, 3.63) is 0 Å². The van der Waals surface area contributed by atoms with Gasteiger partial charge in [-0.1, -0.05) is 0 Å². The molecule has 0 aromatic rings. The maximum absolute atomic E-state index is 11.6. The quantitative estimate of drug-likeness (QED) is 0.631. The van der Waals surface area contributed by atoms with E-state index in [4.69, 9.17) is 9.84 Å². The van der Waals surface area contributed by atoms with E-state index < -0.39 is 24.1 Å². The zero-order valence-corrected chi connectivity index (χ0v) is 10.0. The van der Waals surface area contributed by atoms with Gasteiger partial charge in [0.2, 0.25) is 0 Å². The molecule has 18 heavy (non-hydrogen) atoms. The van der Waals surface area contributed by atoms with E-state index in [0.29, 0.717) is 6.54 Å². The number of nitrogens with zero attached hydrogens (tertiary/aromatic N) is 1. The van der Waals surface area contributed by atoms with E-state index in [0.717, 1.165) is 0 Å². The van der Waals surface area contributed by atoms with Gasteiger partial charge in [0.25, 0.3) is 0 Å². The molecule has 0 aliphatic carbocycles. The van der Waals surface area contributed by atoms with E-state index >= 15 is 0 Å². The first-order valence-corrected chi connectivity index (χ1v) is 5.57. The summed E-state index contributed by atoms with van der Waals surface area (Å²) in [7, 11) is 0. The molecule has 1 fully saturated rings. The summed E-state index contributed by atoms with van der Waals surface area (Å²) < 4.78 is 9.62. The molecule has 1 rings (SSSR count). The number of hydrogen-bond acceptors (Lipinski definition) is 5. The number of ether oxygens (including phenoxy) is 2. The van der Waals surface area contributed by atoms with Crippen molar-refractivity contribution in [1.82, 2.24) is 10.2 Å². The monoisotopic (exact) mass is 260 g/mol. The number of nitrogens with one attached hydrogen (secondary N) is 1. The third kappa shape index (κ3) is 4.21. The van der Waals surface area contributed by atoms with Crippen molar-refractivity contribution in [2.75, 3.05) is 32.8 Å². The molecular weight excluding hydrogens is 244 g/mol. The molecule has 1 unspecified atom stereocenters. The van der Waals surface area contributed by atoms with Gasteiger partial charge in [-0.25, -0.2) is 9.59 Å². The number of morpholine rings is 1. The van der Waals surface area contributed by atoms with Crippen LogP contribution in [0.3, 0.4) is 0 Å². The fourth-order valence-corrected chi connectivity index (χ4v) is 1.45. The number of carbonyl (C=O) groups excluding carboxylic acids is 2. The van der Waals surface area contributed by atoms with Gasteiger partial charge in [-0.15, -0.1) is 0 Å². The van der Waals surface area contributed by atoms with Crippen LogP contribution in [0.5, 0.6) is 0 Å². The molecule has 0 aromatic carbocycles. The molecule has 0 aromatic heterocycles. The summed E-state index contributed by atoms with van der Waals surface area (Å²) in [6, 6.07) is -0.502. The lowest BCUT2D eigenvalue weighted by atomic mass is 10.3. The Kier molecular flexibility index (Phi) is 5.37. The minimum atomic E-state index is -1.11. The van der Waals surface area contributed by atoms with E-state index in [1.807, 2.05) is 0 Å². The highest BCUT2D eigenvalue weighted by Crippen LogP contribution is 2.05. The molecule has 0 spiro atoms. The SMILES string of the molecule is CCOC(=O)CNC(=O)N1CCOC(C(=O)O)C1. The number of urea groups is 1. The molecule has 1 heterocycles. The second-order valence-corrected chi connectivity index (χ2v) is 3.61. The lowest BCUT2D eigenvalue weighted by Gasteiger charge is -2.30. The summed E-state index contributed by atoms with van der Waals surface area (Å²) in [5.74, 6) is -1.65. The molecule has 0 saturated carbocycles. The number of rotatable bonds is 4. The van der Waals surface area contributed by atoms with Gasteiger partial charge >= 0.3 is 18.0 Å². The predicted octanol–water partition coefficient (Wildman–Crippen LogP) is -0.955. The number of hydrogen-bond donors (Lipinski definition) is 2. The van der Waals surface area contributed by atoms with E-state index in [9.17, 15) is 14.4 Å². The smallest absolute Gasteiger partial charge is 0.334 e. The van der Waals surface area contributed by atoms with Gasteiger partial charge < -0.3 is 24.8 Å². The van der Waals surface area contributed by atoms with E-state index in [1.54, 1.807) is 6.92 Å². The zero-order valence-electron chi connectivity index (χ0n) is 10.0. The van der Waals surface area contributed by atoms with Crippen LogP contribution in [0.15, 0.2) is 0 Å². The summed E-state index contributed by atoms with van der Waals surface area (Å²) in [5, 5.41) is 11.1. The molecule has 1 atom stereocenters. The molecule has 1 saturated heterocycles. The first kappa shape index (κ1) is 14.2. The van der Waals surface area contributed by atoms with Gasteiger partial charge in [0.1, 0.15) is 6.54 Å². The normalized spacial score (nSPS) is 19.2. The molecule has 1 aliphatic heterocycles. The third-order valence-electron chi connectivity index (χ3n) is 2.32. The Labute approximate surface area is 104 Å². The number of carbonyl (C=O) groups is 3. The van der Waals surface area contributed by atoms with Gasteiger partial charge in [-0.05, 0) is 6.92 Å². The second kappa shape index (κ2) is 6.80. The van der Waals surface area contributed by atoms with Crippen molar-refractivity contribution in [2.24, 2.45) is 0 Å². The minimum absolute atomic E-state index is 0.0377. The molecule has 102 valence electrons. The largest absolute Gasteiger partial charge is 0.479 e. The Morgan fingerprint density at radius 3 is 2.83 bits per heavy atom. The number of carboxylic acid groups (broad SMARTS) is 1. The van der Waals surface area contributed by atoms with E-state index in [1.165, 1.54) is 4.90 Å². The predicted molar refractivity (Wildman–Crippen MR) is 59.0 cm³/mol. The third-order valence-corrected chi connectivity index (χ3v) is 2.32. The maximum atomic E-state index is 11.6. The van der Waals surface area contributed by atoms with Crippen molar-refractivity contribution < 1.29 is 29.0 Å². The fourth-order valence-electron chi connectivity index (χ4n) is 1.45. The number of carboxylic acids is 1. The number of esters is 1. The van der Waals surface area contributed by atoms with Gasteiger partial charge in [0.15, 0.2) is 6.10 Å².